The Labute approximate surface area is 96.0 Å². The summed E-state index contributed by atoms with van der Waals surface area (Å²) in [6, 6.07) is -0.655. The van der Waals surface area contributed by atoms with Crippen LogP contribution in [0.2, 0.25) is 0 Å². The predicted molar refractivity (Wildman–Crippen MR) is 53.7 cm³/mol. The Morgan fingerprint density at radius 3 is 2.47 bits per heavy atom. The molecule has 1 unspecified atom stereocenters. The molecule has 0 aliphatic heterocycles. The van der Waals surface area contributed by atoms with E-state index in [4.69, 9.17) is 5.11 Å². The zero-order chi connectivity index (χ0) is 13.2. The molecule has 0 aliphatic rings. The first-order valence-electron chi connectivity index (χ1n) is 5.05. The van der Waals surface area contributed by atoms with Crippen molar-refractivity contribution in [3.63, 3.8) is 0 Å². The second kappa shape index (κ2) is 4.77. The van der Waals surface area contributed by atoms with Crippen molar-refractivity contribution in [1.29, 1.82) is 0 Å². The molecule has 96 valence electrons. The highest BCUT2D eigenvalue weighted by atomic mass is 19.4. The lowest BCUT2D eigenvalue weighted by molar-refractivity contribution is -0.179. The fourth-order valence-electron chi connectivity index (χ4n) is 1.36. The Bertz CT molecular complexity index is 399. The molecular formula is C10H13F3N2O2. The monoisotopic (exact) mass is 250 g/mol. The lowest BCUT2D eigenvalue weighted by Gasteiger charge is -2.18. The molecule has 7 heteroatoms. The second-order valence-corrected chi connectivity index (χ2v) is 4.03. The molecule has 0 saturated heterocycles. The Morgan fingerprint density at radius 1 is 1.53 bits per heavy atom. The Kier molecular flexibility index (Phi) is 3.79. The van der Waals surface area contributed by atoms with Gasteiger partial charge in [-0.2, -0.15) is 18.3 Å². The Morgan fingerprint density at radius 2 is 2.12 bits per heavy atom. The zero-order valence-electron chi connectivity index (χ0n) is 9.40. The summed E-state index contributed by atoms with van der Waals surface area (Å²) in [7, 11) is 0. The van der Waals surface area contributed by atoms with Crippen LogP contribution in [0.5, 0.6) is 0 Å². The number of alkyl halides is 3. The summed E-state index contributed by atoms with van der Waals surface area (Å²) >= 11 is 0. The third-order valence-electron chi connectivity index (χ3n) is 2.29. The quantitative estimate of drug-likeness (QED) is 0.893. The van der Waals surface area contributed by atoms with Crippen LogP contribution in [0.25, 0.3) is 0 Å². The van der Waals surface area contributed by atoms with Crippen molar-refractivity contribution in [2.75, 3.05) is 0 Å². The molecular weight excluding hydrogens is 237 g/mol. The highest BCUT2D eigenvalue weighted by Gasteiger charge is 2.43. The number of halogens is 3. The number of carboxylic acid groups (broad SMARTS) is 1. The fraction of sp³-hybridized carbons (Fsp3) is 0.600. The van der Waals surface area contributed by atoms with Gasteiger partial charge in [-0.3, -0.25) is 9.48 Å². The zero-order valence-corrected chi connectivity index (χ0v) is 9.40. The van der Waals surface area contributed by atoms with E-state index in [0.29, 0.717) is 10.4 Å². The van der Waals surface area contributed by atoms with Crippen LogP contribution < -0.4 is 0 Å². The maximum absolute atomic E-state index is 12.7. The summed E-state index contributed by atoms with van der Waals surface area (Å²) in [6.45, 7) is 3.60. The molecule has 0 fully saturated rings. The van der Waals surface area contributed by atoms with Gasteiger partial charge in [-0.1, -0.05) is 13.8 Å². The van der Waals surface area contributed by atoms with Crippen LogP contribution >= 0.6 is 0 Å². The molecule has 1 rings (SSSR count). The standard InChI is InChI=1S/C10H13F3N2O2/c1-6(2)7-3-4-15(14-7)8(5-9(16)17)10(11,12)13/h3-4,6,8H,5H2,1-2H3,(H,16,17). The molecule has 1 heterocycles. The first-order chi connectivity index (χ1) is 7.71. The van der Waals surface area contributed by atoms with Gasteiger partial charge in [0.25, 0.3) is 0 Å². The number of hydrogen-bond donors (Lipinski definition) is 1. The molecule has 1 N–H and O–H groups in total. The fourth-order valence-corrected chi connectivity index (χ4v) is 1.36. The van der Waals surface area contributed by atoms with Crippen LogP contribution in [0.3, 0.4) is 0 Å². The third-order valence-corrected chi connectivity index (χ3v) is 2.29. The Balaban J connectivity index is 3.00. The number of nitrogens with zero attached hydrogens (tertiary/aromatic N) is 2. The van der Waals surface area contributed by atoms with E-state index in [-0.39, 0.29) is 5.92 Å². The maximum atomic E-state index is 12.7. The Hall–Kier alpha value is -1.53. The van der Waals surface area contributed by atoms with Gasteiger partial charge in [-0.05, 0) is 12.0 Å². The summed E-state index contributed by atoms with van der Waals surface area (Å²) < 4.78 is 38.6. The number of carboxylic acids is 1. The van der Waals surface area contributed by atoms with Gasteiger partial charge in [0, 0.05) is 6.20 Å². The predicted octanol–water partition coefficient (Wildman–Crippen LogP) is 2.58. The van der Waals surface area contributed by atoms with Gasteiger partial charge in [0.15, 0.2) is 6.04 Å². The summed E-state index contributed by atoms with van der Waals surface area (Å²) in [4.78, 5) is 10.4. The minimum absolute atomic E-state index is 0.00467. The van der Waals surface area contributed by atoms with Gasteiger partial charge in [0.05, 0.1) is 12.1 Å². The van der Waals surface area contributed by atoms with Crippen LogP contribution in [-0.4, -0.2) is 27.0 Å². The molecule has 1 aromatic heterocycles. The molecule has 0 bridgehead atoms. The van der Waals surface area contributed by atoms with Crippen LogP contribution in [0, 0.1) is 0 Å². The summed E-state index contributed by atoms with van der Waals surface area (Å²) in [5.41, 5.74) is 0.504. The van der Waals surface area contributed by atoms with Crippen molar-refractivity contribution in [1.82, 2.24) is 9.78 Å². The average molecular weight is 250 g/mol. The third kappa shape index (κ3) is 3.47. The van der Waals surface area contributed by atoms with E-state index < -0.39 is 24.6 Å². The molecule has 17 heavy (non-hydrogen) atoms. The topological polar surface area (TPSA) is 55.1 Å². The van der Waals surface area contributed by atoms with Crippen LogP contribution in [-0.2, 0) is 4.79 Å². The maximum Gasteiger partial charge on any atom is 0.411 e. The normalized spacial score (nSPS) is 14.0. The SMILES string of the molecule is CC(C)c1ccn(C(CC(=O)O)C(F)(F)F)n1. The molecule has 1 atom stereocenters. The minimum Gasteiger partial charge on any atom is -0.481 e. The molecule has 0 aliphatic carbocycles. The number of hydrogen-bond acceptors (Lipinski definition) is 2. The van der Waals surface area contributed by atoms with Crippen molar-refractivity contribution >= 4 is 5.97 Å². The van der Waals surface area contributed by atoms with Crippen LogP contribution in [0.15, 0.2) is 12.3 Å². The van der Waals surface area contributed by atoms with E-state index >= 15 is 0 Å². The second-order valence-electron chi connectivity index (χ2n) is 4.03. The molecule has 0 spiro atoms. The molecule has 4 nitrogen and oxygen atoms in total. The molecule has 0 amide bonds. The first-order valence-corrected chi connectivity index (χ1v) is 5.05. The van der Waals surface area contributed by atoms with Crippen molar-refractivity contribution in [2.24, 2.45) is 0 Å². The van der Waals surface area contributed by atoms with Gasteiger partial charge < -0.3 is 5.11 Å². The van der Waals surface area contributed by atoms with Crippen molar-refractivity contribution < 1.29 is 23.1 Å². The van der Waals surface area contributed by atoms with Gasteiger partial charge in [0.1, 0.15) is 0 Å². The number of aromatic nitrogens is 2. The smallest absolute Gasteiger partial charge is 0.411 e. The van der Waals surface area contributed by atoms with E-state index in [1.807, 2.05) is 0 Å². The van der Waals surface area contributed by atoms with Crippen LogP contribution in [0.4, 0.5) is 13.2 Å². The van der Waals surface area contributed by atoms with Crippen LogP contribution in [0.1, 0.15) is 37.9 Å². The van der Waals surface area contributed by atoms with Crippen molar-refractivity contribution in [3.8, 4) is 0 Å². The van der Waals surface area contributed by atoms with Gasteiger partial charge in [-0.15, -0.1) is 0 Å². The summed E-state index contributed by atoms with van der Waals surface area (Å²) in [5.74, 6) is -1.51. The summed E-state index contributed by atoms with van der Waals surface area (Å²) in [6.07, 6.45) is -4.49. The minimum atomic E-state index is -4.63. The molecule has 1 aromatic rings. The highest BCUT2D eigenvalue weighted by molar-refractivity contribution is 5.67. The first kappa shape index (κ1) is 13.5. The van der Waals surface area contributed by atoms with E-state index in [9.17, 15) is 18.0 Å². The highest BCUT2D eigenvalue weighted by Crippen LogP contribution is 2.33. The number of aliphatic carboxylic acids is 1. The van der Waals surface area contributed by atoms with E-state index in [1.165, 1.54) is 6.07 Å². The van der Waals surface area contributed by atoms with Gasteiger partial charge in [-0.25, -0.2) is 0 Å². The van der Waals surface area contributed by atoms with E-state index in [0.717, 1.165) is 6.20 Å². The van der Waals surface area contributed by atoms with Crippen molar-refractivity contribution in [3.05, 3.63) is 18.0 Å². The van der Waals surface area contributed by atoms with E-state index in [1.54, 1.807) is 13.8 Å². The molecule has 0 radical (unpaired) electrons. The van der Waals surface area contributed by atoms with E-state index in [2.05, 4.69) is 5.10 Å². The molecule has 0 aromatic carbocycles. The lowest BCUT2D eigenvalue weighted by Crippen LogP contribution is -2.29. The van der Waals surface area contributed by atoms with Gasteiger partial charge >= 0.3 is 12.1 Å². The van der Waals surface area contributed by atoms with Gasteiger partial charge in [0.2, 0.25) is 0 Å². The average Bonchev–Trinajstić information content (AvgIpc) is 2.60. The molecule has 0 saturated carbocycles. The number of carbonyl (C=O) groups is 1. The lowest BCUT2D eigenvalue weighted by atomic mass is 10.1. The number of rotatable bonds is 4. The largest absolute Gasteiger partial charge is 0.481 e. The van der Waals surface area contributed by atoms with Crippen molar-refractivity contribution in [2.45, 2.75) is 38.4 Å². The summed E-state index contributed by atoms with van der Waals surface area (Å²) in [5, 5.41) is 12.2.